The molecule has 2 aromatic rings. The molecule has 6 nitrogen and oxygen atoms in total. The fraction of sp³-hybridized carbons (Fsp3) is 0.308. The number of ether oxygens (including phenoxy) is 2. The normalized spacial score (nSPS) is 10.1. The van der Waals surface area contributed by atoms with Crippen LogP contribution in [0.4, 0.5) is 5.95 Å². The van der Waals surface area contributed by atoms with Crippen molar-refractivity contribution in [1.29, 1.82) is 0 Å². The maximum atomic E-state index is 5.58. The zero-order valence-corrected chi connectivity index (χ0v) is 11.2. The van der Waals surface area contributed by atoms with Gasteiger partial charge >= 0.3 is 12.0 Å². The lowest BCUT2D eigenvalue weighted by atomic mass is 10.2. The smallest absolute Gasteiger partial charge is 0.330 e. The van der Waals surface area contributed by atoms with Crippen LogP contribution in [0.15, 0.2) is 24.3 Å². The molecular formula is C13H16N4O2. The minimum absolute atomic E-state index is 0.201. The number of nitrogens with zero attached hydrogens (tertiary/aromatic N) is 3. The molecule has 0 saturated heterocycles. The van der Waals surface area contributed by atoms with Crippen LogP contribution >= 0.6 is 0 Å². The maximum Gasteiger partial charge on any atom is 0.330 e. The molecule has 1 N–H and O–H groups in total. The molecule has 100 valence electrons. The number of hydrogen-bond donors (Lipinski definition) is 1. The number of anilines is 1. The summed E-state index contributed by atoms with van der Waals surface area (Å²) in [6, 6.07) is 8.07. The maximum absolute atomic E-state index is 5.58. The Kier molecular flexibility index (Phi) is 4.12. The number of aromatic nitrogens is 3. The summed E-state index contributed by atoms with van der Waals surface area (Å²) in [7, 11) is 1.72. The highest BCUT2D eigenvalue weighted by Crippen LogP contribution is 2.20. The van der Waals surface area contributed by atoms with E-state index >= 15 is 0 Å². The molecule has 2 rings (SSSR count). The van der Waals surface area contributed by atoms with Gasteiger partial charge in [0.25, 0.3) is 0 Å². The van der Waals surface area contributed by atoms with Crippen molar-refractivity contribution in [3.05, 3.63) is 29.8 Å². The van der Waals surface area contributed by atoms with Gasteiger partial charge in [-0.05, 0) is 26.0 Å². The van der Waals surface area contributed by atoms with Gasteiger partial charge in [-0.15, -0.1) is 4.98 Å². The first kappa shape index (κ1) is 13.1. The largest absolute Gasteiger partial charge is 0.464 e. The summed E-state index contributed by atoms with van der Waals surface area (Å²) < 4.78 is 10.8. The molecule has 0 aliphatic rings. The first-order valence-electron chi connectivity index (χ1n) is 6.02. The van der Waals surface area contributed by atoms with Crippen molar-refractivity contribution in [2.45, 2.75) is 13.8 Å². The molecule has 0 radical (unpaired) electrons. The Morgan fingerprint density at radius 2 is 1.74 bits per heavy atom. The summed E-state index contributed by atoms with van der Waals surface area (Å²) in [4.78, 5) is 12.3. The fourth-order valence-electron chi connectivity index (χ4n) is 1.40. The Morgan fingerprint density at radius 3 is 2.37 bits per heavy atom. The molecule has 19 heavy (non-hydrogen) atoms. The molecule has 0 amide bonds. The first-order chi connectivity index (χ1) is 9.21. The third-order valence-electron chi connectivity index (χ3n) is 2.32. The molecule has 0 aliphatic heterocycles. The standard InChI is InChI=1S/C13H16N4O2/c1-4-18-12-15-11(14-3)16-13(17-12)19-10-7-5-9(2)6-8-10/h5-8H,4H2,1-3H3,(H,14,15,16,17). The SMILES string of the molecule is CCOc1nc(NC)nc(Oc2ccc(C)cc2)n1. The van der Waals surface area contributed by atoms with Gasteiger partial charge in [0, 0.05) is 7.05 Å². The van der Waals surface area contributed by atoms with Gasteiger partial charge in [-0.3, -0.25) is 0 Å². The molecule has 0 saturated carbocycles. The lowest BCUT2D eigenvalue weighted by Crippen LogP contribution is -2.05. The molecule has 0 bridgehead atoms. The highest BCUT2D eigenvalue weighted by Gasteiger charge is 2.08. The highest BCUT2D eigenvalue weighted by atomic mass is 16.5. The van der Waals surface area contributed by atoms with Gasteiger partial charge in [0.1, 0.15) is 5.75 Å². The van der Waals surface area contributed by atoms with Gasteiger partial charge in [0.15, 0.2) is 0 Å². The van der Waals surface area contributed by atoms with Crippen molar-refractivity contribution >= 4 is 5.95 Å². The third kappa shape index (κ3) is 3.54. The summed E-state index contributed by atoms with van der Waals surface area (Å²) in [6.07, 6.45) is 0. The van der Waals surface area contributed by atoms with E-state index in [0.717, 1.165) is 5.56 Å². The Bertz CT molecular complexity index is 543. The van der Waals surface area contributed by atoms with Gasteiger partial charge in [-0.2, -0.15) is 9.97 Å². The van der Waals surface area contributed by atoms with Crippen LogP contribution in [0.3, 0.4) is 0 Å². The topological polar surface area (TPSA) is 69.2 Å². The lowest BCUT2D eigenvalue weighted by Gasteiger charge is -2.07. The lowest BCUT2D eigenvalue weighted by molar-refractivity contribution is 0.304. The van der Waals surface area contributed by atoms with E-state index in [2.05, 4.69) is 20.3 Å². The van der Waals surface area contributed by atoms with E-state index < -0.39 is 0 Å². The van der Waals surface area contributed by atoms with E-state index in [9.17, 15) is 0 Å². The van der Waals surface area contributed by atoms with Gasteiger partial charge < -0.3 is 14.8 Å². The van der Waals surface area contributed by atoms with E-state index in [1.54, 1.807) is 7.05 Å². The monoisotopic (exact) mass is 260 g/mol. The summed E-state index contributed by atoms with van der Waals surface area (Å²) >= 11 is 0. The Morgan fingerprint density at radius 1 is 1.05 bits per heavy atom. The number of benzene rings is 1. The predicted octanol–water partition coefficient (Wildman–Crippen LogP) is 2.41. The number of aryl methyl sites for hydroxylation is 1. The number of hydrogen-bond acceptors (Lipinski definition) is 6. The van der Waals surface area contributed by atoms with E-state index in [4.69, 9.17) is 9.47 Å². The highest BCUT2D eigenvalue weighted by molar-refractivity contribution is 5.31. The van der Waals surface area contributed by atoms with E-state index in [-0.39, 0.29) is 12.0 Å². The van der Waals surface area contributed by atoms with Crippen LogP contribution < -0.4 is 14.8 Å². The van der Waals surface area contributed by atoms with Crippen LogP contribution in [0.5, 0.6) is 17.8 Å². The Hall–Kier alpha value is -2.37. The average molecular weight is 260 g/mol. The van der Waals surface area contributed by atoms with Gasteiger partial charge in [0.2, 0.25) is 5.95 Å². The number of rotatable bonds is 5. The zero-order chi connectivity index (χ0) is 13.7. The van der Waals surface area contributed by atoms with E-state index in [0.29, 0.717) is 18.3 Å². The zero-order valence-electron chi connectivity index (χ0n) is 11.2. The van der Waals surface area contributed by atoms with Crippen molar-refractivity contribution in [2.24, 2.45) is 0 Å². The van der Waals surface area contributed by atoms with Crippen LogP contribution in [0.25, 0.3) is 0 Å². The molecule has 0 unspecified atom stereocenters. The fourth-order valence-corrected chi connectivity index (χ4v) is 1.40. The van der Waals surface area contributed by atoms with Crippen molar-refractivity contribution in [2.75, 3.05) is 19.0 Å². The van der Waals surface area contributed by atoms with Gasteiger partial charge in [0.05, 0.1) is 6.61 Å². The van der Waals surface area contributed by atoms with Crippen molar-refractivity contribution in [1.82, 2.24) is 15.0 Å². The second-order valence-electron chi connectivity index (χ2n) is 3.82. The van der Waals surface area contributed by atoms with Crippen LogP contribution in [0, 0.1) is 6.92 Å². The van der Waals surface area contributed by atoms with Crippen LogP contribution in [0.1, 0.15) is 12.5 Å². The van der Waals surface area contributed by atoms with Gasteiger partial charge in [-0.1, -0.05) is 17.7 Å². The Balaban J connectivity index is 2.23. The minimum atomic E-state index is 0.201. The first-order valence-corrected chi connectivity index (χ1v) is 6.02. The molecule has 0 aliphatic carbocycles. The van der Waals surface area contributed by atoms with Crippen LogP contribution in [-0.4, -0.2) is 28.6 Å². The molecular weight excluding hydrogens is 244 g/mol. The quantitative estimate of drug-likeness (QED) is 0.890. The molecule has 1 aromatic heterocycles. The summed E-state index contributed by atoms with van der Waals surface area (Å²) in [5.41, 5.74) is 1.16. The average Bonchev–Trinajstić information content (AvgIpc) is 2.41. The van der Waals surface area contributed by atoms with Crippen molar-refractivity contribution in [3.8, 4) is 17.8 Å². The molecule has 0 atom stereocenters. The number of nitrogens with one attached hydrogen (secondary N) is 1. The molecule has 1 aromatic carbocycles. The second kappa shape index (κ2) is 5.99. The van der Waals surface area contributed by atoms with Crippen molar-refractivity contribution < 1.29 is 9.47 Å². The molecule has 1 heterocycles. The van der Waals surface area contributed by atoms with Gasteiger partial charge in [-0.25, -0.2) is 0 Å². The predicted molar refractivity (Wildman–Crippen MR) is 71.8 cm³/mol. The van der Waals surface area contributed by atoms with E-state index in [1.807, 2.05) is 38.1 Å². The molecule has 6 heteroatoms. The summed E-state index contributed by atoms with van der Waals surface area (Å²) in [5.74, 6) is 1.07. The third-order valence-corrected chi connectivity index (χ3v) is 2.32. The summed E-state index contributed by atoms with van der Waals surface area (Å²) in [6.45, 7) is 4.36. The minimum Gasteiger partial charge on any atom is -0.464 e. The Labute approximate surface area is 111 Å². The van der Waals surface area contributed by atoms with Crippen LogP contribution in [-0.2, 0) is 0 Å². The second-order valence-corrected chi connectivity index (χ2v) is 3.82. The molecule has 0 fully saturated rings. The van der Waals surface area contributed by atoms with Crippen molar-refractivity contribution in [3.63, 3.8) is 0 Å². The van der Waals surface area contributed by atoms with E-state index in [1.165, 1.54) is 0 Å². The summed E-state index contributed by atoms with van der Waals surface area (Å²) in [5, 5.41) is 2.84. The van der Waals surface area contributed by atoms with Crippen LogP contribution in [0.2, 0.25) is 0 Å². The molecule has 0 spiro atoms.